The molecule has 0 fully saturated rings. The van der Waals surface area contributed by atoms with Crippen molar-refractivity contribution < 1.29 is 28.5 Å². The number of fused-ring (bicyclic) bond motifs is 1. The van der Waals surface area contributed by atoms with Crippen LogP contribution in [0, 0.1) is 0 Å². The first-order valence-electron chi connectivity index (χ1n) is 7.84. The second kappa shape index (κ2) is 6.07. The van der Waals surface area contributed by atoms with Crippen LogP contribution in [0.25, 0.3) is 11.5 Å². The number of methoxy groups -OCH3 is 2. The third-order valence-corrected chi connectivity index (χ3v) is 4.21. The minimum Gasteiger partial charge on any atom is -0.497 e. The Hall–Kier alpha value is -3.54. The number of benzene rings is 2. The maximum absolute atomic E-state index is 12.4. The van der Waals surface area contributed by atoms with Crippen LogP contribution in [0.15, 0.2) is 59.7 Å². The molecular formula is C20H14O6. The van der Waals surface area contributed by atoms with Gasteiger partial charge in [0.25, 0.3) is 0 Å². The van der Waals surface area contributed by atoms with Crippen LogP contribution in [0.5, 0.6) is 11.5 Å². The number of rotatable bonds is 4. The van der Waals surface area contributed by atoms with E-state index in [1.807, 2.05) is 0 Å². The van der Waals surface area contributed by atoms with Crippen LogP contribution in [0.2, 0.25) is 0 Å². The lowest BCUT2D eigenvalue weighted by atomic mass is 10.0. The average Bonchev–Trinajstić information content (AvgIpc) is 3.21. The lowest BCUT2D eigenvalue weighted by molar-refractivity contribution is -0.131. The number of hydrogen-bond acceptors (Lipinski definition) is 6. The zero-order valence-corrected chi connectivity index (χ0v) is 14.1. The summed E-state index contributed by atoms with van der Waals surface area (Å²) in [5.74, 6) is 0.493. The van der Waals surface area contributed by atoms with Crippen molar-refractivity contribution in [2.24, 2.45) is 0 Å². The first-order valence-corrected chi connectivity index (χ1v) is 7.84. The molecule has 0 saturated carbocycles. The van der Waals surface area contributed by atoms with E-state index in [1.54, 1.807) is 62.8 Å². The van der Waals surface area contributed by atoms with Gasteiger partial charge in [0.2, 0.25) is 0 Å². The van der Waals surface area contributed by atoms with Gasteiger partial charge in [0.15, 0.2) is 11.5 Å². The van der Waals surface area contributed by atoms with Crippen LogP contribution in [0.4, 0.5) is 0 Å². The molecule has 2 aromatic carbocycles. The molecule has 26 heavy (non-hydrogen) atoms. The normalized spacial score (nSPS) is 15.8. The van der Waals surface area contributed by atoms with Gasteiger partial charge >= 0.3 is 11.9 Å². The molecule has 2 aliphatic rings. The molecule has 0 unspecified atom stereocenters. The van der Waals surface area contributed by atoms with Crippen LogP contribution in [0.3, 0.4) is 0 Å². The van der Waals surface area contributed by atoms with Gasteiger partial charge in [-0.2, -0.15) is 0 Å². The molecule has 0 spiro atoms. The summed E-state index contributed by atoms with van der Waals surface area (Å²) in [4.78, 5) is 24.8. The van der Waals surface area contributed by atoms with Crippen LogP contribution in [-0.2, 0) is 19.1 Å². The largest absolute Gasteiger partial charge is 0.497 e. The quantitative estimate of drug-likeness (QED) is 0.790. The molecule has 130 valence electrons. The third kappa shape index (κ3) is 2.43. The van der Waals surface area contributed by atoms with Gasteiger partial charge in [0, 0.05) is 11.1 Å². The summed E-state index contributed by atoms with van der Waals surface area (Å²) in [6.07, 6.45) is 0. The van der Waals surface area contributed by atoms with Crippen LogP contribution < -0.4 is 9.47 Å². The fourth-order valence-electron chi connectivity index (χ4n) is 2.90. The van der Waals surface area contributed by atoms with Gasteiger partial charge in [0.1, 0.15) is 22.6 Å². The van der Waals surface area contributed by atoms with Gasteiger partial charge < -0.3 is 18.9 Å². The average molecular weight is 350 g/mol. The summed E-state index contributed by atoms with van der Waals surface area (Å²) in [6.45, 7) is 0. The molecule has 0 aliphatic carbocycles. The zero-order valence-electron chi connectivity index (χ0n) is 14.1. The van der Waals surface area contributed by atoms with Crippen LogP contribution in [-0.4, -0.2) is 26.2 Å². The van der Waals surface area contributed by atoms with Gasteiger partial charge in [-0.25, -0.2) is 9.59 Å². The third-order valence-electron chi connectivity index (χ3n) is 4.21. The van der Waals surface area contributed by atoms with E-state index in [0.717, 1.165) is 0 Å². The highest BCUT2D eigenvalue weighted by Gasteiger charge is 2.45. The van der Waals surface area contributed by atoms with Crippen molar-refractivity contribution in [2.45, 2.75) is 0 Å². The number of carbonyl (C=O) groups is 2. The molecule has 0 atom stereocenters. The van der Waals surface area contributed by atoms with Crippen molar-refractivity contribution in [3.63, 3.8) is 0 Å². The fourth-order valence-corrected chi connectivity index (χ4v) is 2.90. The highest BCUT2D eigenvalue weighted by molar-refractivity contribution is 6.24. The molecule has 2 heterocycles. The number of ether oxygens (including phenoxy) is 4. The smallest absolute Gasteiger partial charge is 0.348 e. The summed E-state index contributed by atoms with van der Waals surface area (Å²) in [5, 5.41) is 0. The summed E-state index contributed by atoms with van der Waals surface area (Å²) >= 11 is 0. The Morgan fingerprint density at radius 2 is 0.962 bits per heavy atom. The van der Waals surface area contributed by atoms with Gasteiger partial charge in [-0.3, -0.25) is 0 Å². The van der Waals surface area contributed by atoms with E-state index >= 15 is 0 Å². The highest BCUT2D eigenvalue weighted by atomic mass is 16.6. The lowest BCUT2D eigenvalue weighted by Gasteiger charge is -2.07. The van der Waals surface area contributed by atoms with E-state index in [0.29, 0.717) is 22.6 Å². The van der Waals surface area contributed by atoms with Crippen molar-refractivity contribution >= 4 is 23.5 Å². The van der Waals surface area contributed by atoms with E-state index in [2.05, 4.69) is 0 Å². The molecule has 2 aromatic rings. The van der Waals surface area contributed by atoms with E-state index in [4.69, 9.17) is 18.9 Å². The number of carbonyl (C=O) groups excluding carboxylic acids is 2. The number of hydrogen-bond donors (Lipinski definition) is 0. The molecule has 0 radical (unpaired) electrons. The highest BCUT2D eigenvalue weighted by Crippen LogP contribution is 2.43. The second-order valence-electron chi connectivity index (χ2n) is 5.64. The van der Waals surface area contributed by atoms with Crippen LogP contribution in [0.1, 0.15) is 11.1 Å². The molecule has 0 saturated heterocycles. The minimum atomic E-state index is -0.609. The lowest BCUT2D eigenvalue weighted by Crippen LogP contribution is -2.01. The molecular weight excluding hydrogens is 336 g/mol. The molecule has 0 aromatic heterocycles. The summed E-state index contributed by atoms with van der Waals surface area (Å²) in [5.41, 5.74) is 1.48. The maximum Gasteiger partial charge on any atom is 0.348 e. The minimum absolute atomic E-state index is 0.144. The first-order chi connectivity index (χ1) is 12.6. The standard InChI is InChI=1S/C20H14O6/c1-23-13-7-3-11(4-8-13)17-15-16(20(22)25-17)18(26-19(15)21)12-5-9-14(24-2)10-6-12/h3-10H,1-2H3. The Bertz CT molecular complexity index is 883. The zero-order chi connectivity index (χ0) is 18.3. The first kappa shape index (κ1) is 16.0. The maximum atomic E-state index is 12.4. The Morgan fingerprint density at radius 3 is 1.27 bits per heavy atom. The molecule has 2 aliphatic heterocycles. The Labute approximate surface area is 149 Å². The van der Waals surface area contributed by atoms with Crippen molar-refractivity contribution in [2.75, 3.05) is 14.2 Å². The molecule has 6 heteroatoms. The monoisotopic (exact) mass is 350 g/mol. The van der Waals surface area contributed by atoms with Crippen molar-refractivity contribution in [3.05, 3.63) is 70.8 Å². The molecule has 6 nitrogen and oxygen atoms in total. The number of cyclic esters (lactones) is 2. The molecule has 0 N–H and O–H groups in total. The number of esters is 2. The van der Waals surface area contributed by atoms with Gasteiger partial charge in [-0.05, 0) is 48.5 Å². The van der Waals surface area contributed by atoms with Gasteiger partial charge in [0.05, 0.1) is 14.2 Å². The van der Waals surface area contributed by atoms with Crippen molar-refractivity contribution in [3.8, 4) is 11.5 Å². The van der Waals surface area contributed by atoms with Gasteiger partial charge in [-0.15, -0.1) is 0 Å². The predicted molar refractivity (Wildman–Crippen MR) is 92.0 cm³/mol. The molecule has 4 rings (SSSR count). The fraction of sp³-hybridized carbons (Fsp3) is 0.100. The second-order valence-corrected chi connectivity index (χ2v) is 5.64. The Morgan fingerprint density at radius 1 is 0.615 bits per heavy atom. The van der Waals surface area contributed by atoms with Crippen molar-refractivity contribution in [1.82, 2.24) is 0 Å². The Balaban J connectivity index is 1.81. The topological polar surface area (TPSA) is 71.1 Å². The molecule has 0 bridgehead atoms. The predicted octanol–water partition coefficient (Wildman–Crippen LogP) is 2.94. The summed E-state index contributed by atoms with van der Waals surface area (Å²) in [7, 11) is 3.12. The van der Waals surface area contributed by atoms with Crippen molar-refractivity contribution in [1.29, 1.82) is 0 Å². The summed E-state index contributed by atoms with van der Waals surface area (Å²) in [6, 6.07) is 13.8. The Kier molecular flexibility index (Phi) is 3.73. The van der Waals surface area contributed by atoms with E-state index in [9.17, 15) is 9.59 Å². The van der Waals surface area contributed by atoms with E-state index in [-0.39, 0.29) is 22.7 Å². The SMILES string of the molecule is COc1ccc(C2=C3C(=O)OC(c4ccc(OC)cc4)=C3C(=O)O2)cc1. The van der Waals surface area contributed by atoms with Gasteiger partial charge in [-0.1, -0.05) is 0 Å². The van der Waals surface area contributed by atoms with Crippen LogP contribution >= 0.6 is 0 Å². The van der Waals surface area contributed by atoms with E-state index < -0.39 is 11.9 Å². The van der Waals surface area contributed by atoms with E-state index in [1.165, 1.54) is 0 Å². The molecule has 0 amide bonds. The summed E-state index contributed by atoms with van der Waals surface area (Å²) < 4.78 is 21.0.